The Kier molecular flexibility index (Phi) is 7.46. The molecule has 0 saturated carbocycles. The van der Waals surface area contributed by atoms with Gasteiger partial charge in [-0.25, -0.2) is 0 Å². The van der Waals surface area contributed by atoms with E-state index >= 15 is 0 Å². The van der Waals surface area contributed by atoms with Crippen LogP contribution in [0, 0.1) is 5.41 Å². The number of rotatable bonds is 1. The highest BCUT2D eigenvalue weighted by atomic mass is 79.9. The van der Waals surface area contributed by atoms with Crippen LogP contribution in [0.2, 0.25) is 0 Å². The second kappa shape index (κ2) is 8.35. The molecule has 5 N–H and O–H groups in total. The van der Waals surface area contributed by atoms with Crippen molar-refractivity contribution in [2.24, 2.45) is 11.5 Å². The molecule has 17 heavy (non-hydrogen) atoms. The second-order valence-corrected chi connectivity index (χ2v) is 3.19. The molecule has 0 aliphatic carbocycles. The summed E-state index contributed by atoms with van der Waals surface area (Å²) in [5.74, 6) is -0.333. The van der Waals surface area contributed by atoms with E-state index in [0.29, 0.717) is 0 Å². The number of nitrogens with one attached hydrogen (secondary N) is 1. The molecule has 3 nitrogen and oxygen atoms in total. The average Bonchev–Trinajstić information content (AvgIpc) is 2.31. The fourth-order valence-corrected chi connectivity index (χ4v) is 1.26. The summed E-state index contributed by atoms with van der Waals surface area (Å²) in [5, 5.41) is 6.06. The van der Waals surface area contributed by atoms with E-state index in [1.165, 1.54) is 11.1 Å². The molecular formula is C13H16BrN3. The smallest absolute Gasteiger partial charge is 0.183 e. The summed E-state index contributed by atoms with van der Waals surface area (Å²) in [6.07, 6.45) is 0. The van der Waals surface area contributed by atoms with E-state index < -0.39 is 0 Å². The van der Waals surface area contributed by atoms with Crippen molar-refractivity contribution in [1.29, 1.82) is 5.41 Å². The van der Waals surface area contributed by atoms with Crippen LogP contribution in [0.5, 0.6) is 0 Å². The number of nitrogens with two attached hydrogens (primary N) is 2. The van der Waals surface area contributed by atoms with Crippen LogP contribution in [0.4, 0.5) is 0 Å². The van der Waals surface area contributed by atoms with Crippen LogP contribution >= 0.6 is 17.0 Å². The highest BCUT2D eigenvalue weighted by Gasteiger charge is 1.91. The van der Waals surface area contributed by atoms with Gasteiger partial charge in [-0.1, -0.05) is 60.7 Å². The zero-order valence-corrected chi connectivity index (χ0v) is 11.0. The third-order valence-electron chi connectivity index (χ3n) is 1.88. The number of guanidine groups is 1. The van der Waals surface area contributed by atoms with Crippen molar-refractivity contribution in [3.8, 4) is 11.1 Å². The fourth-order valence-electron chi connectivity index (χ4n) is 1.26. The van der Waals surface area contributed by atoms with Gasteiger partial charge in [0, 0.05) is 0 Å². The Balaban J connectivity index is 0.000000453. The Bertz CT molecular complexity index is 387. The van der Waals surface area contributed by atoms with Crippen molar-refractivity contribution >= 4 is 22.9 Å². The Labute approximate surface area is 112 Å². The van der Waals surface area contributed by atoms with E-state index in [4.69, 9.17) is 5.41 Å². The molecule has 2 aromatic carbocycles. The van der Waals surface area contributed by atoms with E-state index in [1.54, 1.807) is 0 Å². The van der Waals surface area contributed by atoms with Crippen molar-refractivity contribution in [3.05, 3.63) is 60.7 Å². The van der Waals surface area contributed by atoms with E-state index in [9.17, 15) is 0 Å². The van der Waals surface area contributed by atoms with E-state index in [0.717, 1.165) is 0 Å². The Morgan fingerprint density at radius 3 is 1.18 bits per heavy atom. The summed E-state index contributed by atoms with van der Waals surface area (Å²) in [5.41, 5.74) is 11.5. The molecule has 2 aromatic rings. The Morgan fingerprint density at radius 2 is 0.941 bits per heavy atom. The van der Waals surface area contributed by atoms with Gasteiger partial charge in [0.1, 0.15) is 0 Å². The molecule has 0 unspecified atom stereocenters. The first-order valence-electron chi connectivity index (χ1n) is 4.90. The van der Waals surface area contributed by atoms with Crippen LogP contribution in [0.25, 0.3) is 11.1 Å². The molecule has 0 aliphatic heterocycles. The van der Waals surface area contributed by atoms with Gasteiger partial charge in [-0.3, -0.25) is 5.41 Å². The van der Waals surface area contributed by atoms with Crippen LogP contribution in [0.1, 0.15) is 0 Å². The minimum atomic E-state index is -0.333. The van der Waals surface area contributed by atoms with Gasteiger partial charge in [-0.2, -0.15) is 0 Å². The molecule has 0 spiro atoms. The number of benzene rings is 2. The third-order valence-corrected chi connectivity index (χ3v) is 1.88. The zero-order valence-electron chi connectivity index (χ0n) is 9.34. The lowest BCUT2D eigenvalue weighted by atomic mass is 10.1. The SMILES string of the molecule is Br.N=C(N)N.c1ccc(-c2ccccc2)cc1. The second-order valence-electron chi connectivity index (χ2n) is 3.19. The zero-order chi connectivity index (χ0) is 11.8. The third kappa shape index (κ3) is 6.37. The van der Waals surface area contributed by atoms with Gasteiger partial charge in [0.25, 0.3) is 0 Å². The minimum Gasteiger partial charge on any atom is -0.370 e. The van der Waals surface area contributed by atoms with Crippen LogP contribution in [0.15, 0.2) is 60.7 Å². The standard InChI is InChI=1S/C12H10.CH5N3.BrH/c1-3-7-11(8-4-1)12-9-5-2-6-10-12;2-1(3)4;/h1-10H;(H5,2,3,4);1H. The van der Waals surface area contributed by atoms with Crippen molar-refractivity contribution in [1.82, 2.24) is 0 Å². The number of hydrogen-bond acceptors (Lipinski definition) is 1. The molecule has 2 rings (SSSR count). The predicted molar refractivity (Wildman–Crippen MR) is 78.3 cm³/mol. The maximum absolute atomic E-state index is 6.06. The predicted octanol–water partition coefficient (Wildman–Crippen LogP) is 2.77. The topological polar surface area (TPSA) is 75.9 Å². The van der Waals surface area contributed by atoms with Gasteiger partial charge in [0.05, 0.1) is 0 Å². The highest BCUT2D eigenvalue weighted by molar-refractivity contribution is 8.93. The fraction of sp³-hybridized carbons (Fsp3) is 0. The van der Waals surface area contributed by atoms with E-state index in [-0.39, 0.29) is 22.9 Å². The monoisotopic (exact) mass is 293 g/mol. The first kappa shape index (κ1) is 15.2. The minimum absolute atomic E-state index is 0. The number of halogens is 1. The summed E-state index contributed by atoms with van der Waals surface area (Å²) in [7, 11) is 0. The molecule has 0 aliphatic rings. The average molecular weight is 294 g/mol. The number of hydrogen-bond donors (Lipinski definition) is 3. The van der Waals surface area contributed by atoms with Gasteiger partial charge in [-0.05, 0) is 11.1 Å². The lowest BCUT2D eigenvalue weighted by Gasteiger charge is -1.98. The molecule has 0 bridgehead atoms. The van der Waals surface area contributed by atoms with Crippen LogP contribution in [0.3, 0.4) is 0 Å². The van der Waals surface area contributed by atoms with Crippen molar-refractivity contribution < 1.29 is 0 Å². The molecule has 0 atom stereocenters. The molecule has 0 heterocycles. The van der Waals surface area contributed by atoms with Gasteiger partial charge in [-0.15, -0.1) is 17.0 Å². The van der Waals surface area contributed by atoms with Crippen molar-refractivity contribution in [2.45, 2.75) is 0 Å². The van der Waals surface area contributed by atoms with Crippen molar-refractivity contribution in [2.75, 3.05) is 0 Å². The highest BCUT2D eigenvalue weighted by Crippen LogP contribution is 2.17. The molecule has 0 saturated heterocycles. The van der Waals surface area contributed by atoms with Crippen LogP contribution < -0.4 is 11.5 Å². The molecule has 0 amide bonds. The van der Waals surface area contributed by atoms with Crippen LogP contribution in [-0.4, -0.2) is 5.96 Å². The molecule has 90 valence electrons. The maximum Gasteiger partial charge on any atom is 0.183 e. The normalized spacial score (nSPS) is 8.24. The lowest BCUT2D eigenvalue weighted by molar-refractivity contribution is 1.39. The quantitative estimate of drug-likeness (QED) is 0.559. The Morgan fingerprint density at radius 1 is 0.706 bits per heavy atom. The lowest BCUT2D eigenvalue weighted by Crippen LogP contribution is -2.20. The van der Waals surface area contributed by atoms with Crippen LogP contribution in [-0.2, 0) is 0 Å². The van der Waals surface area contributed by atoms with Gasteiger partial charge >= 0.3 is 0 Å². The Hall–Kier alpha value is -1.81. The molecule has 0 fully saturated rings. The van der Waals surface area contributed by atoms with Gasteiger partial charge in [0.2, 0.25) is 0 Å². The molecule has 0 radical (unpaired) electrons. The summed E-state index contributed by atoms with van der Waals surface area (Å²) in [6, 6.07) is 20.8. The molecule has 0 aromatic heterocycles. The van der Waals surface area contributed by atoms with Gasteiger partial charge in [0.15, 0.2) is 5.96 Å². The van der Waals surface area contributed by atoms with Gasteiger partial charge < -0.3 is 11.5 Å². The summed E-state index contributed by atoms with van der Waals surface area (Å²) < 4.78 is 0. The maximum atomic E-state index is 6.06. The molecular weight excluding hydrogens is 278 g/mol. The molecule has 4 heteroatoms. The van der Waals surface area contributed by atoms with E-state index in [1.807, 2.05) is 12.1 Å². The first-order valence-corrected chi connectivity index (χ1v) is 4.90. The summed E-state index contributed by atoms with van der Waals surface area (Å²) in [4.78, 5) is 0. The largest absolute Gasteiger partial charge is 0.370 e. The van der Waals surface area contributed by atoms with Crippen molar-refractivity contribution in [3.63, 3.8) is 0 Å². The summed E-state index contributed by atoms with van der Waals surface area (Å²) >= 11 is 0. The van der Waals surface area contributed by atoms with E-state index in [2.05, 4.69) is 60.0 Å². The first-order chi connectivity index (χ1) is 7.70. The summed E-state index contributed by atoms with van der Waals surface area (Å²) in [6.45, 7) is 0.